The molecule has 3 atom stereocenters. The third-order valence-corrected chi connectivity index (χ3v) is 5.56. The lowest BCUT2D eigenvalue weighted by Gasteiger charge is -2.27. The Kier molecular flexibility index (Phi) is 5.78. The van der Waals surface area contributed by atoms with Gasteiger partial charge in [0.05, 0.1) is 43.7 Å². The average Bonchev–Trinajstić information content (AvgIpc) is 3.38. The van der Waals surface area contributed by atoms with Crippen molar-refractivity contribution < 1.29 is 23.9 Å². The fourth-order valence-corrected chi connectivity index (χ4v) is 4.08. The summed E-state index contributed by atoms with van der Waals surface area (Å²) in [5, 5.41) is 28.2. The maximum absolute atomic E-state index is 13.6. The zero-order valence-electron chi connectivity index (χ0n) is 19.2. The van der Waals surface area contributed by atoms with Gasteiger partial charge in [-0.05, 0) is 45.9 Å². The van der Waals surface area contributed by atoms with Crippen LogP contribution in [-0.4, -0.2) is 43.2 Å². The second-order valence-corrected chi connectivity index (χ2v) is 8.05. The van der Waals surface area contributed by atoms with Crippen molar-refractivity contribution in [3.63, 3.8) is 0 Å². The molecule has 1 heterocycles. The van der Waals surface area contributed by atoms with Crippen LogP contribution in [0.15, 0.2) is 33.5 Å². The number of rotatable bonds is 8. The lowest BCUT2D eigenvalue weighted by Crippen LogP contribution is -2.42. The standard InChI is InChI=1S/C22H24N6O5/c1-12(2)27-32-22(33-28-13(3)4)21(11-24)18(20(21,10-23)19(25)26-22)17(29)14-7-8-15(30-5)16(9-14)31-6/h7-9,18H,1-6H3,(H2,25,26). The third-order valence-electron chi connectivity index (χ3n) is 5.56. The molecule has 1 aromatic rings. The smallest absolute Gasteiger partial charge is 0.421 e. The van der Waals surface area contributed by atoms with Gasteiger partial charge in [0, 0.05) is 5.56 Å². The number of aliphatic imine (C=N–C) groups is 1. The van der Waals surface area contributed by atoms with E-state index in [0.717, 1.165) is 0 Å². The third kappa shape index (κ3) is 3.08. The summed E-state index contributed by atoms with van der Waals surface area (Å²) in [6.45, 7) is 6.61. The number of carbonyl (C=O) groups excluding carboxylic acids is 1. The number of nitrogens with two attached hydrogens (primary N) is 1. The van der Waals surface area contributed by atoms with Gasteiger partial charge in [-0.1, -0.05) is 10.3 Å². The van der Waals surface area contributed by atoms with Crippen molar-refractivity contribution in [3.05, 3.63) is 23.8 Å². The lowest BCUT2D eigenvalue weighted by molar-refractivity contribution is -0.262. The number of ketones is 1. The van der Waals surface area contributed by atoms with Crippen molar-refractivity contribution in [2.24, 2.45) is 37.8 Å². The van der Waals surface area contributed by atoms with Crippen LogP contribution in [0.1, 0.15) is 38.1 Å². The second-order valence-electron chi connectivity index (χ2n) is 8.05. The SMILES string of the molecule is COc1ccc(C(=O)C2C3(C#N)C(N)=NC(ON=C(C)C)(ON=C(C)C)C23C#N)cc1OC. The van der Waals surface area contributed by atoms with E-state index in [1.165, 1.54) is 26.4 Å². The van der Waals surface area contributed by atoms with Gasteiger partial charge in [0.1, 0.15) is 5.84 Å². The van der Waals surface area contributed by atoms with Crippen molar-refractivity contribution >= 4 is 23.0 Å². The second kappa shape index (κ2) is 8.10. The summed E-state index contributed by atoms with van der Waals surface area (Å²) in [6.07, 6.45) is 0. The van der Waals surface area contributed by atoms with Crippen molar-refractivity contribution in [3.8, 4) is 23.6 Å². The number of oxime groups is 2. The molecule has 11 heteroatoms. The van der Waals surface area contributed by atoms with Gasteiger partial charge in [-0.2, -0.15) is 15.5 Å². The van der Waals surface area contributed by atoms with Crippen LogP contribution in [0.4, 0.5) is 0 Å². The van der Waals surface area contributed by atoms with E-state index in [0.29, 0.717) is 22.9 Å². The van der Waals surface area contributed by atoms with Crippen LogP contribution in [0, 0.1) is 39.4 Å². The topological polar surface area (TPSA) is 165 Å². The first-order chi connectivity index (χ1) is 15.6. The molecule has 0 saturated heterocycles. The van der Waals surface area contributed by atoms with E-state index >= 15 is 0 Å². The quantitative estimate of drug-likeness (QED) is 0.272. The Bertz CT molecular complexity index is 1150. The predicted molar refractivity (Wildman–Crippen MR) is 118 cm³/mol. The van der Waals surface area contributed by atoms with Gasteiger partial charge >= 0.3 is 5.91 Å². The Morgan fingerprint density at radius 3 is 2.06 bits per heavy atom. The van der Waals surface area contributed by atoms with E-state index in [1.807, 2.05) is 12.1 Å². The van der Waals surface area contributed by atoms with E-state index in [1.54, 1.807) is 33.8 Å². The summed E-state index contributed by atoms with van der Waals surface area (Å²) >= 11 is 0. The number of ether oxygens (including phenoxy) is 2. The number of fused-ring (bicyclic) bond motifs is 1. The van der Waals surface area contributed by atoms with Crippen LogP contribution in [0.25, 0.3) is 0 Å². The molecule has 3 unspecified atom stereocenters. The fraction of sp³-hybridized carbons (Fsp3) is 0.455. The summed E-state index contributed by atoms with van der Waals surface area (Å²) < 4.78 is 10.5. The Morgan fingerprint density at radius 2 is 1.61 bits per heavy atom. The Morgan fingerprint density at radius 1 is 1.03 bits per heavy atom. The molecule has 1 fully saturated rings. The van der Waals surface area contributed by atoms with Gasteiger partial charge in [-0.25, -0.2) is 0 Å². The summed E-state index contributed by atoms with van der Waals surface area (Å²) in [6, 6.07) is 8.59. The number of nitrogens with zero attached hydrogens (tertiary/aromatic N) is 5. The summed E-state index contributed by atoms with van der Waals surface area (Å²) in [5.74, 6) is -3.56. The highest BCUT2D eigenvalue weighted by atomic mass is 16.8. The molecule has 1 aromatic carbocycles. The molecular weight excluding hydrogens is 428 g/mol. The number of hydrogen-bond acceptors (Lipinski definition) is 11. The van der Waals surface area contributed by atoms with Crippen LogP contribution in [0.5, 0.6) is 11.5 Å². The van der Waals surface area contributed by atoms with Crippen molar-refractivity contribution in [2.75, 3.05) is 14.2 Å². The zero-order chi connectivity index (χ0) is 24.6. The Hall–Kier alpha value is -4.12. The number of nitriles is 2. The minimum atomic E-state index is -2.23. The molecule has 11 nitrogen and oxygen atoms in total. The fourth-order valence-electron chi connectivity index (χ4n) is 4.08. The number of carbonyl (C=O) groups is 1. The molecule has 0 radical (unpaired) electrons. The number of benzene rings is 1. The van der Waals surface area contributed by atoms with Gasteiger partial charge < -0.3 is 24.9 Å². The average molecular weight is 452 g/mol. The molecule has 0 aromatic heterocycles. The summed E-state index contributed by atoms with van der Waals surface area (Å²) in [7, 11) is 2.89. The minimum Gasteiger partial charge on any atom is -0.493 e. The van der Waals surface area contributed by atoms with Gasteiger partial charge in [0.25, 0.3) is 0 Å². The molecule has 172 valence electrons. The molecule has 33 heavy (non-hydrogen) atoms. The van der Waals surface area contributed by atoms with Gasteiger partial charge in [-0.15, -0.1) is 0 Å². The van der Waals surface area contributed by atoms with Crippen molar-refractivity contribution in [1.82, 2.24) is 0 Å². The molecule has 0 bridgehead atoms. The molecule has 1 aliphatic heterocycles. The van der Waals surface area contributed by atoms with Gasteiger partial charge in [-0.3, -0.25) is 4.79 Å². The maximum Gasteiger partial charge on any atom is 0.421 e. The maximum atomic E-state index is 13.6. The van der Waals surface area contributed by atoms with Crippen molar-refractivity contribution in [2.45, 2.75) is 33.6 Å². The monoisotopic (exact) mass is 452 g/mol. The highest BCUT2D eigenvalue weighted by molar-refractivity contribution is 6.12. The Balaban J connectivity index is 2.19. The van der Waals surface area contributed by atoms with E-state index < -0.39 is 28.4 Å². The molecule has 1 aliphatic carbocycles. The highest BCUT2D eigenvalue weighted by Gasteiger charge is 2.97. The molecule has 2 N–H and O–H groups in total. The lowest BCUT2D eigenvalue weighted by atomic mass is 9.94. The number of amidine groups is 1. The van der Waals surface area contributed by atoms with E-state index in [4.69, 9.17) is 24.9 Å². The molecule has 3 rings (SSSR count). The van der Waals surface area contributed by atoms with E-state index in [9.17, 15) is 15.3 Å². The van der Waals surface area contributed by atoms with E-state index in [-0.39, 0.29) is 11.4 Å². The van der Waals surface area contributed by atoms with Crippen LogP contribution in [0.3, 0.4) is 0 Å². The van der Waals surface area contributed by atoms with Crippen LogP contribution >= 0.6 is 0 Å². The summed E-state index contributed by atoms with van der Waals surface area (Å²) in [5.41, 5.74) is 3.57. The number of Topliss-reactive ketones (excluding diaryl/α,β-unsaturated/α-hetero) is 1. The number of hydrogen-bond donors (Lipinski definition) is 1. The summed E-state index contributed by atoms with van der Waals surface area (Å²) in [4.78, 5) is 28.9. The first-order valence-corrected chi connectivity index (χ1v) is 9.94. The predicted octanol–water partition coefficient (Wildman–Crippen LogP) is 2.39. The zero-order valence-corrected chi connectivity index (χ0v) is 19.2. The first-order valence-electron chi connectivity index (χ1n) is 9.94. The minimum absolute atomic E-state index is 0.184. The van der Waals surface area contributed by atoms with E-state index in [2.05, 4.69) is 15.3 Å². The van der Waals surface area contributed by atoms with Crippen molar-refractivity contribution in [1.29, 1.82) is 10.5 Å². The first kappa shape index (κ1) is 23.5. The Labute approximate surface area is 191 Å². The van der Waals surface area contributed by atoms with Crippen LogP contribution < -0.4 is 15.2 Å². The van der Waals surface area contributed by atoms with Gasteiger partial charge in [0.15, 0.2) is 22.7 Å². The van der Waals surface area contributed by atoms with Crippen LogP contribution in [-0.2, 0) is 9.68 Å². The largest absolute Gasteiger partial charge is 0.493 e. The highest BCUT2D eigenvalue weighted by Crippen LogP contribution is 2.78. The van der Waals surface area contributed by atoms with Crippen LogP contribution in [0.2, 0.25) is 0 Å². The molecular formula is C22H24N6O5. The molecule has 1 saturated carbocycles. The number of methoxy groups -OCH3 is 2. The molecule has 0 spiro atoms. The normalized spacial score (nSPS) is 25.8. The molecule has 2 aliphatic rings. The van der Waals surface area contributed by atoms with Gasteiger partial charge in [0.2, 0.25) is 5.41 Å². The molecule has 0 amide bonds.